The van der Waals surface area contributed by atoms with E-state index in [2.05, 4.69) is 0 Å². The highest BCUT2D eigenvalue weighted by atomic mass is 35.5. The molecule has 0 radical (unpaired) electrons. The fraction of sp³-hybridized carbons (Fsp3) is 1.00. The Hall–Kier alpha value is 0.160. The van der Waals surface area contributed by atoms with Crippen LogP contribution in [-0.4, -0.2) is 29.3 Å². The molecule has 6 heteroatoms. The molecule has 0 heterocycles. The predicted molar refractivity (Wildman–Crippen MR) is 53.1 cm³/mol. The Labute approximate surface area is 84.8 Å². The van der Waals surface area contributed by atoms with Gasteiger partial charge in [0.1, 0.15) is 0 Å². The molecule has 0 aliphatic rings. The molecule has 1 N–H and O–H groups in total. The minimum atomic E-state index is -4.14. The molecule has 0 fully saturated rings. The standard InChI is InChI=1S/C7H16ClNO3S/c1-3-4-5-6-9(7(2)8)13(10,11)12/h7H,3-6H2,1-2H3,(H,10,11,12). The van der Waals surface area contributed by atoms with Gasteiger partial charge in [-0.1, -0.05) is 19.8 Å². The molecular formula is C7H16ClNO3S. The average molecular weight is 230 g/mol. The second kappa shape index (κ2) is 5.80. The quantitative estimate of drug-likeness (QED) is 0.327. The van der Waals surface area contributed by atoms with Crippen LogP contribution in [0.25, 0.3) is 0 Å². The number of hydrogen-bond donors (Lipinski definition) is 1. The molecule has 0 aromatic carbocycles. The van der Waals surface area contributed by atoms with Crippen molar-refractivity contribution in [2.75, 3.05) is 6.54 Å². The number of unbranched alkanes of at least 4 members (excludes halogenated alkanes) is 2. The predicted octanol–water partition coefficient (Wildman–Crippen LogP) is 1.87. The van der Waals surface area contributed by atoms with Crippen molar-refractivity contribution in [1.29, 1.82) is 0 Å². The molecule has 1 unspecified atom stereocenters. The summed E-state index contributed by atoms with van der Waals surface area (Å²) in [5.41, 5.74) is -0.702. The first-order valence-corrected chi connectivity index (χ1v) is 6.11. The van der Waals surface area contributed by atoms with Crippen molar-refractivity contribution < 1.29 is 13.0 Å². The van der Waals surface area contributed by atoms with Crippen molar-refractivity contribution in [3.8, 4) is 0 Å². The molecule has 0 rings (SSSR count). The van der Waals surface area contributed by atoms with E-state index in [1.165, 1.54) is 6.92 Å². The first-order chi connectivity index (χ1) is 5.89. The van der Waals surface area contributed by atoms with E-state index in [0.717, 1.165) is 17.1 Å². The molecule has 0 aliphatic heterocycles. The zero-order valence-electron chi connectivity index (χ0n) is 7.90. The molecule has 0 saturated heterocycles. The third-order valence-corrected chi connectivity index (χ3v) is 3.12. The van der Waals surface area contributed by atoms with Gasteiger partial charge >= 0.3 is 10.3 Å². The van der Waals surface area contributed by atoms with Crippen LogP contribution in [0.1, 0.15) is 33.1 Å². The van der Waals surface area contributed by atoms with Gasteiger partial charge in [0.15, 0.2) is 0 Å². The second-order valence-corrected chi connectivity index (χ2v) is 4.87. The lowest BCUT2D eigenvalue weighted by Gasteiger charge is -2.20. The fourth-order valence-corrected chi connectivity index (χ4v) is 2.12. The molecule has 0 aliphatic carbocycles. The minimum Gasteiger partial charge on any atom is -0.273 e. The van der Waals surface area contributed by atoms with Crippen molar-refractivity contribution in [3.63, 3.8) is 0 Å². The number of rotatable bonds is 6. The third-order valence-electron chi connectivity index (χ3n) is 1.68. The van der Waals surface area contributed by atoms with E-state index in [0.29, 0.717) is 6.42 Å². The largest absolute Gasteiger partial charge is 0.337 e. The summed E-state index contributed by atoms with van der Waals surface area (Å²) in [6.45, 7) is 3.81. The van der Waals surface area contributed by atoms with E-state index in [4.69, 9.17) is 16.2 Å². The normalized spacial score (nSPS) is 14.8. The minimum absolute atomic E-state index is 0.275. The van der Waals surface area contributed by atoms with Crippen molar-refractivity contribution in [2.45, 2.75) is 38.6 Å². The number of hydrogen-bond acceptors (Lipinski definition) is 2. The molecule has 13 heavy (non-hydrogen) atoms. The molecule has 1 atom stereocenters. The molecule has 80 valence electrons. The van der Waals surface area contributed by atoms with E-state index < -0.39 is 15.8 Å². The Balaban J connectivity index is 4.13. The van der Waals surface area contributed by atoms with Crippen LogP contribution < -0.4 is 0 Å². The van der Waals surface area contributed by atoms with Gasteiger partial charge in [0.2, 0.25) is 0 Å². The average Bonchev–Trinajstić information content (AvgIpc) is 1.94. The van der Waals surface area contributed by atoms with E-state index in [1.54, 1.807) is 0 Å². The van der Waals surface area contributed by atoms with Crippen LogP contribution in [0.15, 0.2) is 0 Å². The van der Waals surface area contributed by atoms with Crippen LogP contribution in [-0.2, 0) is 10.3 Å². The van der Waals surface area contributed by atoms with Crippen LogP contribution >= 0.6 is 11.6 Å². The first kappa shape index (κ1) is 13.2. The Morgan fingerprint density at radius 2 is 2.00 bits per heavy atom. The van der Waals surface area contributed by atoms with Gasteiger partial charge in [-0.2, -0.15) is 12.7 Å². The molecule has 4 nitrogen and oxygen atoms in total. The van der Waals surface area contributed by atoms with Gasteiger partial charge in [-0.05, 0) is 13.3 Å². The van der Waals surface area contributed by atoms with Gasteiger partial charge in [-0.25, -0.2) is 0 Å². The maximum absolute atomic E-state index is 10.8. The topological polar surface area (TPSA) is 57.6 Å². The summed E-state index contributed by atoms with van der Waals surface area (Å²) < 4.78 is 31.2. The summed E-state index contributed by atoms with van der Waals surface area (Å²) in [5, 5.41) is 0. The van der Waals surface area contributed by atoms with Crippen molar-refractivity contribution in [1.82, 2.24) is 4.31 Å². The van der Waals surface area contributed by atoms with Crippen LogP contribution in [0.5, 0.6) is 0 Å². The number of halogens is 1. The zero-order chi connectivity index (χ0) is 10.5. The Morgan fingerprint density at radius 3 is 2.31 bits per heavy atom. The summed E-state index contributed by atoms with van der Waals surface area (Å²) in [5.74, 6) is 0. The lowest BCUT2D eigenvalue weighted by atomic mass is 10.2. The molecule has 0 spiro atoms. The van der Waals surface area contributed by atoms with Gasteiger partial charge in [-0.3, -0.25) is 4.55 Å². The van der Waals surface area contributed by atoms with Crippen LogP contribution in [0, 0.1) is 0 Å². The molecule has 0 amide bonds. The molecule has 0 aromatic rings. The van der Waals surface area contributed by atoms with Crippen molar-refractivity contribution >= 4 is 21.9 Å². The molecule has 0 aromatic heterocycles. The van der Waals surface area contributed by atoms with Crippen molar-refractivity contribution in [2.24, 2.45) is 0 Å². The van der Waals surface area contributed by atoms with E-state index in [-0.39, 0.29) is 6.54 Å². The zero-order valence-corrected chi connectivity index (χ0v) is 9.48. The second-order valence-electron chi connectivity index (χ2n) is 2.87. The maximum Gasteiger partial charge on any atom is 0.337 e. The molecule has 0 bridgehead atoms. The number of alkyl halides is 1. The van der Waals surface area contributed by atoms with Gasteiger partial charge in [-0.15, -0.1) is 11.6 Å². The van der Waals surface area contributed by atoms with E-state index in [9.17, 15) is 8.42 Å². The monoisotopic (exact) mass is 229 g/mol. The van der Waals surface area contributed by atoms with E-state index >= 15 is 0 Å². The summed E-state index contributed by atoms with van der Waals surface area (Å²) in [6, 6.07) is 0. The van der Waals surface area contributed by atoms with Gasteiger partial charge < -0.3 is 0 Å². The lowest BCUT2D eigenvalue weighted by Crippen LogP contribution is -2.35. The highest BCUT2D eigenvalue weighted by molar-refractivity contribution is 7.83. The first-order valence-electron chi connectivity index (χ1n) is 4.28. The summed E-state index contributed by atoms with van der Waals surface area (Å²) in [4.78, 5) is 0. The lowest BCUT2D eigenvalue weighted by molar-refractivity contribution is 0.337. The third kappa shape index (κ3) is 5.46. The summed E-state index contributed by atoms with van der Waals surface area (Å²) >= 11 is 5.59. The Bertz CT molecular complexity index is 228. The highest BCUT2D eigenvalue weighted by Crippen LogP contribution is 2.10. The van der Waals surface area contributed by atoms with Crippen LogP contribution in [0.4, 0.5) is 0 Å². The Morgan fingerprint density at radius 1 is 1.46 bits per heavy atom. The Kier molecular flexibility index (Phi) is 5.87. The van der Waals surface area contributed by atoms with E-state index in [1.807, 2.05) is 6.92 Å². The maximum atomic E-state index is 10.8. The van der Waals surface area contributed by atoms with Crippen LogP contribution in [0.2, 0.25) is 0 Å². The van der Waals surface area contributed by atoms with Gasteiger partial charge in [0, 0.05) is 6.54 Å². The summed E-state index contributed by atoms with van der Waals surface area (Å²) in [6.07, 6.45) is 2.64. The SMILES string of the molecule is CCCCCN(C(C)Cl)S(=O)(=O)O. The molecular weight excluding hydrogens is 214 g/mol. The molecule has 0 saturated carbocycles. The van der Waals surface area contributed by atoms with Crippen molar-refractivity contribution in [3.05, 3.63) is 0 Å². The van der Waals surface area contributed by atoms with Gasteiger partial charge in [0.25, 0.3) is 0 Å². The highest BCUT2D eigenvalue weighted by Gasteiger charge is 2.22. The number of nitrogens with zero attached hydrogens (tertiary/aromatic N) is 1. The van der Waals surface area contributed by atoms with Gasteiger partial charge in [0.05, 0.1) is 5.50 Å². The smallest absolute Gasteiger partial charge is 0.273 e. The van der Waals surface area contributed by atoms with Crippen LogP contribution in [0.3, 0.4) is 0 Å². The fourth-order valence-electron chi connectivity index (χ4n) is 0.994. The summed E-state index contributed by atoms with van der Waals surface area (Å²) in [7, 11) is -4.14.